The van der Waals surface area contributed by atoms with E-state index in [2.05, 4.69) is 73.3 Å². The van der Waals surface area contributed by atoms with E-state index in [1.54, 1.807) is 12.3 Å². The number of amides is 2. The van der Waals surface area contributed by atoms with Crippen LogP contribution in [-0.4, -0.2) is 78.3 Å². The van der Waals surface area contributed by atoms with Crippen molar-refractivity contribution in [1.29, 1.82) is 0 Å². The molecule has 0 saturated carbocycles. The number of carbonyl (C=O) groups is 2. The van der Waals surface area contributed by atoms with Gasteiger partial charge < -0.3 is 14.8 Å². The lowest BCUT2D eigenvalue weighted by Crippen LogP contribution is -2.50. The molecule has 2 saturated heterocycles. The summed E-state index contributed by atoms with van der Waals surface area (Å²) in [7, 11) is 0. The molecule has 274 valence electrons. The van der Waals surface area contributed by atoms with Crippen molar-refractivity contribution in [3.8, 4) is 11.3 Å². The highest BCUT2D eigenvalue weighted by Gasteiger charge is 2.35. The third kappa shape index (κ3) is 7.00. The van der Waals surface area contributed by atoms with Gasteiger partial charge in [0.15, 0.2) is 11.6 Å². The van der Waals surface area contributed by atoms with Gasteiger partial charge in [0.2, 0.25) is 17.8 Å². The van der Waals surface area contributed by atoms with Gasteiger partial charge in [-0.25, -0.2) is 28.7 Å². The molecule has 2 aromatic carbocycles. The van der Waals surface area contributed by atoms with Gasteiger partial charge in [0.05, 0.1) is 29.6 Å². The van der Waals surface area contributed by atoms with E-state index >= 15 is 8.78 Å². The summed E-state index contributed by atoms with van der Waals surface area (Å²) in [6.45, 7) is 11.4. The molecule has 3 aromatic heterocycles. The number of piperidine rings is 1. The predicted octanol–water partition coefficient (Wildman–Crippen LogP) is 6.00. The minimum atomic E-state index is -0.663. The number of rotatable bonds is 8. The number of halogens is 3. The van der Waals surface area contributed by atoms with Crippen molar-refractivity contribution >= 4 is 56.2 Å². The number of anilines is 3. The molecular formula is C38H39BrF2N10O2. The van der Waals surface area contributed by atoms with Crippen molar-refractivity contribution in [2.45, 2.75) is 65.3 Å². The van der Waals surface area contributed by atoms with Crippen LogP contribution in [0.3, 0.4) is 0 Å². The number of aromatic nitrogens is 5. The van der Waals surface area contributed by atoms with E-state index in [1.807, 2.05) is 37.5 Å². The maximum absolute atomic E-state index is 15.1. The van der Waals surface area contributed by atoms with E-state index in [0.717, 1.165) is 49.1 Å². The fraction of sp³-hybridized carbons (Fsp3) is 0.368. The highest BCUT2D eigenvalue weighted by Crippen LogP contribution is 2.35. The van der Waals surface area contributed by atoms with E-state index in [4.69, 9.17) is 0 Å². The van der Waals surface area contributed by atoms with Gasteiger partial charge >= 0.3 is 0 Å². The first-order valence-electron chi connectivity index (χ1n) is 17.8. The van der Waals surface area contributed by atoms with Crippen molar-refractivity contribution < 1.29 is 18.4 Å². The number of fused-ring (bicyclic) bond motifs is 2. The third-order valence-electron chi connectivity index (χ3n) is 10.3. The average molecular weight is 786 g/mol. The van der Waals surface area contributed by atoms with Crippen molar-refractivity contribution in [2.24, 2.45) is 0 Å². The maximum Gasteiger partial charge on any atom is 0.243 e. The number of aryl methyl sites for hydroxylation is 1. The van der Waals surface area contributed by atoms with Gasteiger partial charge in [0, 0.05) is 68.3 Å². The number of imidazole rings is 1. The predicted molar refractivity (Wildman–Crippen MR) is 200 cm³/mol. The van der Waals surface area contributed by atoms with Gasteiger partial charge in [-0.1, -0.05) is 22.0 Å². The van der Waals surface area contributed by atoms with Gasteiger partial charge in [-0.05, 0) is 74.2 Å². The standard InChI is InChI=1S/C38H39BrF2N10O2/c1-21(2)51-22(3)44-36-29(40)14-24(15-32(36)51)35-30(41)17-43-38(47-35)45-33-6-4-26(16-42-33)49-10-8-48(9-11-49)18-23-12-25-19-50(20-27(25)28(39)13-23)31-5-7-34(52)46-37(31)53/h4,6,12-17,21,31H,5,7-11,18-20H2,1-3H3,(H,46,52,53)(H,42,43,45,47). The van der Waals surface area contributed by atoms with E-state index in [1.165, 1.54) is 22.8 Å². The lowest BCUT2D eigenvalue weighted by molar-refractivity contribution is -0.137. The molecule has 1 unspecified atom stereocenters. The molecule has 0 bridgehead atoms. The van der Waals surface area contributed by atoms with E-state index in [0.29, 0.717) is 48.7 Å². The molecule has 0 aliphatic carbocycles. The van der Waals surface area contributed by atoms with E-state index in [9.17, 15) is 9.59 Å². The zero-order chi connectivity index (χ0) is 37.0. The van der Waals surface area contributed by atoms with E-state index in [-0.39, 0.29) is 41.1 Å². The molecule has 3 aliphatic heterocycles. The Labute approximate surface area is 313 Å². The zero-order valence-electron chi connectivity index (χ0n) is 29.7. The SMILES string of the molecule is Cc1nc2c(F)cc(-c3nc(Nc4ccc(N5CCN(Cc6cc(Br)c7c(c6)CN(C6CCC(=O)NC6=O)C7)CC5)cn4)ncc3F)cc2n1C(C)C. The van der Waals surface area contributed by atoms with Crippen LogP contribution in [0.25, 0.3) is 22.3 Å². The van der Waals surface area contributed by atoms with Crippen LogP contribution >= 0.6 is 15.9 Å². The lowest BCUT2D eigenvalue weighted by Gasteiger charge is -2.36. The summed E-state index contributed by atoms with van der Waals surface area (Å²) in [5.41, 5.74) is 5.74. The molecule has 3 aliphatic rings. The van der Waals surface area contributed by atoms with Crippen molar-refractivity contribution in [1.82, 2.24) is 39.6 Å². The number of piperazine rings is 1. The topological polar surface area (TPSA) is 124 Å². The smallest absolute Gasteiger partial charge is 0.243 e. The van der Waals surface area contributed by atoms with Crippen LogP contribution in [0.4, 0.5) is 26.2 Å². The Bertz CT molecular complexity index is 2240. The number of carbonyl (C=O) groups excluding carboxylic acids is 2. The van der Waals surface area contributed by atoms with Crippen LogP contribution < -0.4 is 15.5 Å². The van der Waals surface area contributed by atoms with Crippen LogP contribution in [0.1, 0.15) is 55.2 Å². The first kappa shape index (κ1) is 35.2. The Morgan fingerprint density at radius 1 is 0.981 bits per heavy atom. The molecule has 8 rings (SSSR count). The normalized spacial score (nSPS) is 18.2. The largest absolute Gasteiger partial charge is 0.368 e. The summed E-state index contributed by atoms with van der Waals surface area (Å²) in [6, 6.07) is 11.0. The van der Waals surface area contributed by atoms with Crippen molar-refractivity contribution in [3.63, 3.8) is 0 Å². The molecule has 2 amide bonds. The number of pyridine rings is 1. The monoisotopic (exact) mass is 784 g/mol. The van der Waals surface area contributed by atoms with Gasteiger partial charge in [0.25, 0.3) is 0 Å². The van der Waals surface area contributed by atoms with Crippen LogP contribution in [0.5, 0.6) is 0 Å². The summed E-state index contributed by atoms with van der Waals surface area (Å²) >= 11 is 3.78. The molecule has 0 radical (unpaired) electrons. The second-order valence-electron chi connectivity index (χ2n) is 14.2. The van der Waals surface area contributed by atoms with Crippen LogP contribution in [-0.2, 0) is 29.2 Å². The van der Waals surface area contributed by atoms with Crippen LogP contribution in [0, 0.1) is 18.6 Å². The Balaban J connectivity index is 0.886. The number of benzene rings is 2. The highest BCUT2D eigenvalue weighted by molar-refractivity contribution is 9.10. The molecule has 6 heterocycles. The molecule has 2 N–H and O–H groups in total. The Morgan fingerprint density at radius 3 is 2.53 bits per heavy atom. The molecule has 0 spiro atoms. The Kier molecular flexibility index (Phi) is 9.41. The fourth-order valence-electron chi connectivity index (χ4n) is 7.77. The molecule has 1 atom stereocenters. The molecule has 53 heavy (non-hydrogen) atoms. The molecule has 15 heteroatoms. The van der Waals surface area contributed by atoms with Gasteiger partial charge in [-0.15, -0.1) is 0 Å². The Hall–Kier alpha value is -4.86. The van der Waals surface area contributed by atoms with E-state index < -0.39 is 11.6 Å². The second kappa shape index (κ2) is 14.2. The number of hydrogen-bond donors (Lipinski definition) is 2. The summed E-state index contributed by atoms with van der Waals surface area (Å²) < 4.78 is 33.1. The van der Waals surface area contributed by atoms with Gasteiger partial charge in [-0.2, -0.15) is 0 Å². The second-order valence-corrected chi connectivity index (χ2v) is 15.1. The van der Waals surface area contributed by atoms with Gasteiger partial charge in [-0.3, -0.25) is 24.7 Å². The summed E-state index contributed by atoms with van der Waals surface area (Å²) in [5, 5.41) is 5.54. The van der Waals surface area contributed by atoms with Crippen molar-refractivity contribution in [2.75, 3.05) is 36.4 Å². The van der Waals surface area contributed by atoms with Crippen LogP contribution in [0.15, 0.2) is 53.3 Å². The highest BCUT2D eigenvalue weighted by atomic mass is 79.9. The van der Waals surface area contributed by atoms with Gasteiger partial charge in [0.1, 0.15) is 22.9 Å². The Morgan fingerprint density at radius 2 is 1.79 bits per heavy atom. The maximum atomic E-state index is 15.1. The molecule has 2 fully saturated rings. The first-order chi connectivity index (χ1) is 25.5. The summed E-state index contributed by atoms with van der Waals surface area (Å²) in [6.07, 6.45) is 3.80. The third-order valence-corrected chi connectivity index (χ3v) is 11.0. The minimum absolute atomic E-state index is 0.0200. The zero-order valence-corrected chi connectivity index (χ0v) is 31.3. The number of hydrogen-bond acceptors (Lipinski definition) is 10. The summed E-state index contributed by atoms with van der Waals surface area (Å²) in [4.78, 5) is 48.5. The first-order valence-corrected chi connectivity index (χ1v) is 18.6. The quantitative estimate of drug-likeness (QED) is 0.181. The average Bonchev–Trinajstić information content (AvgIpc) is 3.71. The number of imide groups is 1. The molecule has 12 nitrogen and oxygen atoms in total. The molecule has 5 aromatic rings. The minimum Gasteiger partial charge on any atom is -0.368 e. The fourth-order valence-corrected chi connectivity index (χ4v) is 8.44. The van der Waals surface area contributed by atoms with Crippen LogP contribution in [0.2, 0.25) is 0 Å². The van der Waals surface area contributed by atoms with Crippen molar-refractivity contribution in [3.05, 3.63) is 87.4 Å². The summed E-state index contributed by atoms with van der Waals surface area (Å²) in [5.74, 6) is -0.273. The molecular weight excluding hydrogens is 746 g/mol. The number of nitrogens with zero attached hydrogens (tertiary/aromatic N) is 8. The number of nitrogens with one attached hydrogen (secondary N) is 2. The lowest BCUT2D eigenvalue weighted by atomic mass is 10.0.